The van der Waals surface area contributed by atoms with Crippen molar-refractivity contribution in [3.05, 3.63) is 83.7 Å². The van der Waals surface area contributed by atoms with Gasteiger partial charge >= 0.3 is 5.97 Å². The van der Waals surface area contributed by atoms with Gasteiger partial charge in [-0.25, -0.2) is 4.79 Å². The summed E-state index contributed by atoms with van der Waals surface area (Å²) in [5.74, 6) is 0.439. The summed E-state index contributed by atoms with van der Waals surface area (Å²) in [6.07, 6.45) is 3.63. The lowest BCUT2D eigenvalue weighted by molar-refractivity contribution is -0.134. The maximum Gasteiger partial charge on any atom is 0.339 e. The van der Waals surface area contributed by atoms with Gasteiger partial charge in [-0.15, -0.1) is 0 Å². The highest BCUT2D eigenvalue weighted by atomic mass is 16.6. The number of nitrogens with one attached hydrogen (secondary N) is 1. The number of esters is 1. The van der Waals surface area contributed by atoms with Crippen LogP contribution in [0.3, 0.4) is 0 Å². The monoisotopic (exact) mass is 388 g/mol. The average Bonchev–Trinajstić information content (AvgIpc) is 2.71. The summed E-state index contributed by atoms with van der Waals surface area (Å²) in [6.45, 7) is 3.52. The molecule has 2 aromatic carbocycles. The quantitative estimate of drug-likeness (QED) is 0.675. The summed E-state index contributed by atoms with van der Waals surface area (Å²) in [7, 11) is 0. The molecule has 29 heavy (non-hydrogen) atoms. The third-order valence-electron chi connectivity index (χ3n) is 4.86. The third kappa shape index (κ3) is 3.82. The molecule has 146 valence electrons. The van der Waals surface area contributed by atoms with Crippen molar-refractivity contribution in [1.29, 1.82) is 0 Å². The first-order valence-electron chi connectivity index (χ1n) is 9.26. The molecule has 6 heteroatoms. The Balaban J connectivity index is 1.50. The molecule has 0 bridgehead atoms. The number of cyclic esters (lactones) is 1. The molecule has 0 saturated heterocycles. The summed E-state index contributed by atoms with van der Waals surface area (Å²) in [4.78, 5) is 29.2. The van der Waals surface area contributed by atoms with Crippen LogP contribution in [0.15, 0.2) is 67.0 Å². The number of aryl methyl sites for hydroxylation is 1. The van der Waals surface area contributed by atoms with E-state index in [1.165, 1.54) is 0 Å². The van der Waals surface area contributed by atoms with Crippen LogP contribution in [-0.4, -0.2) is 22.5 Å². The van der Waals surface area contributed by atoms with Gasteiger partial charge in [0.2, 0.25) is 0 Å². The summed E-state index contributed by atoms with van der Waals surface area (Å²) < 4.78 is 11.3. The van der Waals surface area contributed by atoms with Crippen LogP contribution in [-0.2, 0) is 16.0 Å². The Morgan fingerprint density at radius 2 is 2.00 bits per heavy atom. The molecule has 0 saturated carbocycles. The van der Waals surface area contributed by atoms with E-state index in [0.29, 0.717) is 29.2 Å². The number of aromatic nitrogens is 1. The van der Waals surface area contributed by atoms with Gasteiger partial charge in [0.1, 0.15) is 11.5 Å². The molecule has 0 radical (unpaired) electrons. The Morgan fingerprint density at radius 3 is 2.76 bits per heavy atom. The third-order valence-corrected chi connectivity index (χ3v) is 4.86. The lowest BCUT2D eigenvalue weighted by Crippen LogP contribution is -2.48. The first-order valence-corrected chi connectivity index (χ1v) is 9.26. The van der Waals surface area contributed by atoms with Gasteiger partial charge in [0.15, 0.2) is 5.60 Å². The lowest BCUT2D eigenvalue weighted by atomic mass is 9.89. The molecular weight excluding hydrogens is 368 g/mol. The van der Waals surface area contributed by atoms with Crippen molar-refractivity contribution >= 4 is 17.6 Å². The highest BCUT2D eigenvalue weighted by molar-refractivity contribution is 6.02. The second-order valence-electron chi connectivity index (χ2n) is 7.18. The number of ether oxygens (including phenoxy) is 2. The minimum atomic E-state index is -1.27. The minimum Gasteiger partial charge on any atom is -0.455 e. The van der Waals surface area contributed by atoms with Crippen LogP contribution in [0.1, 0.15) is 28.4 Å². The highest BCUT2D eigenvalue weighted by Gasteiger charge is 2.42. The SMILES string of the molecule is Cc1cc(NC(=O)C2(C)Cc3ccccc3C(=O)O2)ccc1Oc1cccnc1. The number of anilines is 1. The number of rotatable bonds is 4. The van der Waals surface area contributed by atoms with Crippen LogP contribution in [0, 0.1) is 6.92 Å². The molecular formula is C23H20N2O4. The maximum absolute atomic E-state index is 12.9. The Bertz CT molecular complexity index is 1080. The van der Waals surface area contributed by atoms with Gasteiger partial charge in [0, 0.05) is 18.3 Å². The van der Waals surface area contributed by atoms with Crippen LogP contribution < -0.4 is 10.1 Å². The Labute approximate surface area is 168 Å². The molecule has 2 heterocycles. The zero-order valence-electron chi connectivity index (χ0n) is 16.1. The Hall–Kier alpha value is -3.67. The lowest BCUT2D eigenvalue weighted by Gasteiger charge is -2.33. The summed E-state index contributed by atoms with van der Waals surface area (Å²) in [5, 5.41) is 2.85. The number of nitrogens with zero attached hydrogens (tertiary/aromatic N) is 1. The molecule has 3 aromatic rings. The summed E-state index contributed by atoms with van der Waals surface area (Å²) >= 11 is 0. The Morgan fingerprint density at radius 1 is 1.17 bits per heavy atom. The molecule has 1 aromatic heterocycles. The summed E-state index contributed by atoms with van der Waals surface area (Å²) in [6, 6.07) is 16.1. The second kappa shape index (κ2) is 7.39. The van der Waals surface area contributed by atoms with Gasteiger partial charge in [0.25, 0.3) is 5.91 Å². The van der Waals surface area contributed by atoms with Crippen molar-refractivity contribution in [3.8, 4) is 11.5 Å². The van der Waals surface area contributed by atoms with E-state index in [1.54, 1.807) is 49.6 Å². The number of hydrogen-bond acceptors (Lipinski definition) is 5. The molecule has 0 spiro atoms. The number of fused-ring (bicyclic) bond motifs is 1. The second-order valence-corrected chi connectivity index (χ2v) is 7.18. The number of carbonyl (C=O) groups excluding carboxylic acids is 2. The molecule has 4 rings (SSSR count). The summed E-state index contributed by atoms with van der Waals surface area (Å²) in [5.41, 5.74) is 1.48. The zero-order valence-corrected chi connectivity index (χ0v) is 16.1. The largest absolute Gasteiger partial charge is 0.455 e. The highest BCUT2D eigenvalue weighted by Crippen LogP contribution is 2.31. The van der Waals surface area contributed by atoms with Gasteiger partial charge in [-0.3, -0.25) is 9.78 Å². The molecule has 1 amide bonds. The fourth-order valence-electron chi connectivity index (χ4n) is 3.30. The fraction of sp³-hybridized carbons (Fsp3) is 0.174. The van der Waals surface area contributed by atoms with E-state index in [1.807, 2.05) is 31.2 Å². The minimum absolute atomic E-state index is 0.321. The number of amides is 1. The maximum atomic E-state index is 12.9. The van der Waals surface area contributed by atoms with Gasteiger partial charge in [-0.05, 0) is 61.4 Å². The molecule has 6 nitrogen and oxygen atoms in total. The van der Waals surface area contributed by atoms with Crippen molar-refractivity contribution in [2.24, 2.45) is 0 Å². The van der Waals surface area contributed by atoms with E-state index >= 15 is 0 Å². The smallest absolute Gasteiger partial charge is 0.339 e. The van der Waals surface area contributed by atoms with E-state index in [4.69, 9.17) is 9.47 Å². The molecule has 1 aliphatic heterocycles. The van der Waals surface area contributed by atoms with Gasteiger partial charge in [0.05, 0.1) is 11.8 Å². The normalized spacial score (nSPS) is 17.8. The zero-order chi connectivity index (χ0) is 20.4. The van der Waals surface area contributed by atoms with Crippen LogP contribution in [0.4, 0.5) is 5.69 Å². The van der Waals surface area contributed by atoms with E-state index in [-0.39, 0.29) is 5.91 Å². The van der Waals surface area contributed by atoms with Crippen molar-refractivity contribution in [2.75, 3.05) is 5.32 Å². The van der Waals surface area contributed by atoms with Gasteiger partial charge < -0.3 is 14.8 Å². The van der Waals surface area contributed by atoms with Gasteiger partial charge in [-0.2, -0.15) is 0 Å². The molecule has 1 N–H and O–H groups in total. The number of hydrogen-bond donors (Lipinski definition) is 1. The van der Waals surface area contributed by atoms with Crippen LogP contribution >= 0.6 is 0 Å². The van der Waals surface area contributed by atoms with Gasteiger partial charge in [-0.1, -0.05) is 18.2 Å². The standard InChI is InChI=1S/C23H20N2O4/c1-15-12-17(9-10-20(15)28-18-7-5-11-24-14-18)25-22(27)23(2)13-16-6-3-4-8-19(16)21(26)29-23/h3-12,14H,13H2,1-2H3,(H,25,27). The molecule has 0 aliphatic carbocycles. The topological polar surface area (TPSA) is 77.5 Å². The number of pyridine rings is 1. The van der Waals surface area contributed by atoms with Crippen LogP contribution in [0.25, 0.3) is 0 Å². The molecule has 0 fully saturated rings. The van der Waals surface area contributed by atoms with Crippen LogP contribution in [0.2, 0.25) is 0 Å². The van der Waals surface area contributed by atoms with Crippen molar-refractivity contribution < 1.29 is 19.1 Å². The van der Waals surface area contributed by atoms with Crippen molar-refractivity contribution in [2.45, 2.75) is 25.9 Å². The van der Waals surface area contributed by atoms with E-state index in [9.17, 15) is 9.59 Å². The molecule has 1 aliphatic rings. The van der Waals surface area contributed by atoms with Crippen molar-refractivity contribution in [3.63, 3.8) is 0 Å². The van der Waals surface area contributed by atoms with E-state index < -0.39 is 11.6 Å². The Kier molecular flexibility index (Phi) is 4.76. The molecule has 1 unspecified atom stereocenters. The average molecular weight is 388 g/mol. The van der Waals surface area contributed by atoms with Crippen molar-refractivity contribution in [1.82, 2.24) is 4.98 Å². The molecule has 1 atom stereocenters. The predicted molar refractivity (Wildman–Crippen MR) is 108 cm³/mol. The van der Waals surface area contributed by atoms with E-state index in [2.05, 4.69) is 10.3 Å². The first-order chi connectivity index (χ1) is 13.9. The number of benzene rings is 2. The first kappa shape index (κ1) is 18.7. The predicted octanol–water partition coefficient (Wildman–Crippen LogP) is 4.29. The van der Waals surface area contributed by atoms with Crippen LogP contribution in [0.5, 0.6) is 11.5 Å². The van der Waals surface area contributed by atoms with E-state index in [0.717, 1.165) is 11.1 Å². The number of carbonyl (C=O) groups is 2. The fourth-order valence-corrected chi connectivity index (χ4v) is 3.30.